The van der Waals surface area contributed by atoms with Crippen molar-refractivity contribution in [2.24, 2.45) is 0 Å². The van der Waals surface area contributed by atoms with E-state index in [2.05, 4.69) is 10.6 Å². The summed E-state index contributed by atoms with van der Waals surface area (Å²) in [6.45, 7) is 0. The first-order valence-electron chi connectivity index (χ1n) is 7.00. The van der Waals surface area contributed by atoms with Crippen LogP contribution in [0.4, 0.5) is 17.1 Å². The van der Waals surface area contributed by atoms with Crippen LogP contribution in [0.3, 0.4) is 0 Å². The standard InChI is InChI=1S/C15H12N4O6S/c1-25-13-4-2-3-10(7-13)16-15(26)17-14(20)9-5-11(18(21)22)8-12(6-9)19(23)24/h2-8H,1H3,(H2,16,17,20,26). The summed E-state index contributed by atoms with van der Waals surface area (Å²) in [7, 11) is 1.49. The Bertz CT molecular complexity index is 869. The highest BCUT2D eigenvalue weighted by molar-refractivity contribution is 7.80. The molecule has 2 aromatic carbocycles. The van der Waals surface area contributed by atoms with Crippen LogP contribution in [0.2, 0.25) is 0 Å². The number of hydrogen-bond donors (Lipinski definition) is 2. The van der Waals surface area contributed by atoms with Crippen molar-refractivity contribution in [2.45, 2.75) is 0 Å². The first-order chi connectivity index (χ1) is 12.3. The highest BCUT2D eigenvalue weighted by atomic mass is 32.1. The molecule has 10 nitrogen and oxygen atoms in total. The molecule has 0 aliphatic carbocycles. The minimum atomic E-state index is -0.823. The predicted octanol–water partition coefficient (Wildman–Crippen LogP) is 2.64. The number of carbonyl (C=O) groups excluding carboxylic acids is 1. The number of ether oxygens (including phenoxy) is 1. The van der Waals surface area contributed by atoms with Crippen molar-refractivity contribution in [3.8, 4) is 5.75 Å². The maximum absolute atomic E-state index is 12.2. The van der Waals surface area contributed by atoms with Crippen LogP contribution in [0.25, 0.3) is 0 Å². The maximum Gasteiger partial charge on any atom is 0.277 e. The molecule has 0 radical (unpaired) electrons. The third-order valence-corrected chi connectivity index (χ3v) is 3.35. The van der Waals surface area contributed by atoms with Crippen LogP contribution in [-0.4, -0.2) is 28.0 Å². The number of benzene rings is 2. The van der Waals surface area contributed by atoms with Crippen molar-refractivity contribution in [1.29, 1.82) is 0 Å². The highest BCUT2D eigenvalue weighted by Crippen LogP contribution is 2.22. The number of carbonyl (C=O) groups is 1. The molecular weight excluding hydrogens is 364 g/mol. The molecule has 0 atom stereocenters. The summed E-state index contributed by atoms with van der Waals surface area (Å²) in [5.74, 6) is -0.254. The number of amides is 1. The van der Waals surface area contributed by atoms with Crippen LogP contribution >= 0.6 is 12.2 Å². The van der Waals surface area contributed by atoms with Gasteiger partial charge in [-0.25, -0.2) is 0 Å². The lowest BCUT2D eigenvalue weighted by molar-refractivity contribution is -0.394. The fourth-order valence-corrected chi connectivity index (χ4v) is 2.19. The molecular formula is C15H12N4O6S. The van der Waals surface area contributed by atoms with Gasteiger partial charge in [-0.3, -0.25) is 30.3 Å². The Kier molecular flexibility index (Phi) is 5.75. The largest absolute Gasteiger partial charge is 0.497 e. The lowest BCUT2D eigenvalue weighted by Gasteiger charge is -2.10. The maximum atomic E-state index is 12.2. The monoisotopic (exact) mass is 376 g/mol. The number of nitrogens with zero attached hydrogens (tertiary/aromatic N) is 2. The Morgan fingerprint density at radius 1 is 1.08 bits per heavy atom. The van der Waals surface area contributed by atoms with Crippen molar-refractivity contribution < 1.29 is 19.4 Å². The van der Waals surface area contributed by atoms with Crippen LogP contribution in [0.15, 0.2) is 42.5 Å². The van der Waals surface area contributed by atoms with Crippen LogP contribution < -0.4 is 15.4 Å². The van der Waals surface area contributed by atoms with E-state index in [0.717, 1.165) is 18.2 Å². The van der Waals surface area contributed by atoms with Gasteiger partial charge >= 0.3 is 0 Å². The minimum absolute atomic E-state index is 0.0857. The predicted molar refractivity (Wildman–Crippen MR) is 96.4 cm³/mol. The van der Waals surface area contributed by atoms with Gasteiger partial charge in [0.1, 0.15) is 5.75 Å². The molecule has 0 aliphatic heterocycles. The van der Waals surface area contributed by atoms with E-state index in [9.17, 15) is 25.0 Å². The fraction of sp³-hybridized carbons (Fsp3) is 0.0667. The van der Waals surface area contributed by atoms with E-state index < -0.39 is 27.1 Å². The molecule has 0 unspecified atom stereocenters. The first-order valence-corrected chi connectivity index (χ1v) is 7.41. The summed E-state index contributed by atoms with van der Waals surface area (Å²) < 4.78 is 5.06. The van der Waals surface area contributed by atoms with Gasteiger partial charge in [-0.05, 0) is 24.4 Å². The third-order valence-electron chi connectivity index (χ3n) is 3.14. The number of hydrogen-bond acceptors (Lipinski definition) is 7. The molecule has 0 fully saturated rings. The zero-order valence-electron chi connectivity index (χ0n) is 13.3. The topological polar surface area (TPSA) is 137 Å². The first kappa shape index (κ1) is 18.7. The molecule has 26 heavy (non-hydrogen) atoms. The summed E-state index contributed by atoms with van der Waals surface area (Å²) in [5.41, 5.74) is -0.868. The molecule has 0 spiro atoms. The molecule has 2 N–H and O–H groups in total. The second-order valence-corrected chi connectivity index (χ2v) is 5.30. The van der Waals surface area contributed by atoms with Crippen molar-refractivity contribution in [1.82, 2.24) is 5.32 Å². The van der Waals surface area contributed by atoms with E-state index in [1.54, 1.807) is 24.3 Å². The van der Waals surface area contributed by atoms with E-state index in [4.69, 9.17) is 17.0 Å². The van der Waals surface area contributed by atoms with Gasteiger partial charge in [0.2, 0.25) is 0 Å². The van der Waals surface area contributed by atoms with Gasteiger partial charge < -0.3 is 10.1 Å². The zero-order chi connectivity index (χ0) is 19.3. The average molecular weight is 376 g/mol. The Hall–Kier alpha value is -3.60. The van der Waals surface area contributed by atoms with Gasteiger partial charge in [0.15, 0.2) is 5.11 Å². The number of nitro groups is 2. The van der Waals surface area contributed by atoms with Gasteiger partial charge in [0.25, 0.3) is 17.3 Å². The SMILES string of the molecule is COc1cccc(NC(=S)NC(=O)c2cc([N+](=O)[O-])cc([N+](=O)[O-])c2)c1. The number of nitrogens with one attached hydrogen (secondary N) is 2. The lowest BCUT2D eigenvalue weighted by atomic mass is 10.1. The molecule has 0 saturated heterocycles. The molecule has 2 aromatic rings. The smallest absolute Gasteiger partial charge is 0.277 e. The van der Waals surface area contributed by atoms with E-state index in [-0.39, 0.29) is 10.7 Å². The highest BCUT2D eigenvalue weighted by Gasteiger charge is 2.20. The number of thiocarbonyl (C=S) groups is 1. The van der Waals surface area contributed by atoms with Gasteiger partial charge in [-0.1, -0.05) is 6.07 Å². The van der Waals surface area contributed by atoms with E-state index >= 15 is 0 Å². The van der Waals surface area contributed by atoms with Crippen LogP contribution in [-0.2, 0) is 0 Å². The molecule has 0 saturated carbocycles. The van der Waals surface area contributed by atoms with Gasteiger partial charge in [0, 0.05) is 23.9 Å². The van der Waals surface area contributed by atoms with Crippen LogP contribution in [0.5, 0.6) is 5.75 Å². The van der Waals surface area contributed by atoms with E-state index in [0.29, 0.717) is 11.4 Å². The molecule has 0 aliphatic rings. The second kappa shape index (κ2) is 7.98. The molecule has 11 heteroatoms. The number of non-ortho nitro benzene ring substituents is 2. The second-order valence-electron chi connectivity index (χ2n) is 4.89. The summed E-state index contributed by atoms with van der Waals surface area (Å²) in [5, 5.41) is 26.7. The Labute approximate surface area is 152 Å². The van der Waals surface area contributed by atoms with Crippen molar-refractivity contribution >= 4 is 40.3 Å². The number of anilines is 1. The summed E-state index contributed by atoms with van der Waals surface area (Å²) in [4.78, 5) is 32.3. The molecule has 134 valence electrons. The van der Waals surface area contributed by atoms with E-state index in [1.165, 1.54) is 7.11 Å². The molecule has 1 amide bonds. The van der Waals surface area contributed by atoms with Gasteiger partial charge in [-0.15, -0.1) is 0 Å². The summed E-state index contributed by atoms with van der Waals surface area (Å²) in [6, 6.07) is 9.36. The van der Waals surface area contributed by atoms with E-state index in [1.807, 2.05) is 0 Å². The molecule has 2 rings (SSSR count). The average Bonchev–Trinajstić information content (AvgIpc) is 2.61. The fourth-order valence-electron chi connectivity index (χ4n) is 1.98. The summed E-state index contributed by atoms with van der Waals surface area (Å²) >= 11 is 5.01. The van der Waals surface area contributed by atoms with Gasteiger partial charge in [0.05, 0.1) is 28.6 Å². The lowest BCUT2D eigenvalue weighted by Crippen LogP contribution is -2.34. The van der Waals surface area contributed by atoms with Gasteiger partial charge in [-0.2, -0.15) is 0 Å². The number of nitro benzene ring substituents is 2. The molecule has 0 aromatic heterocycles. The van der Waals surface area contributed by atoms with Crippen molar-refractivity contribution in [3.63, 3.8) is 0 Å². The van der Waals surface area contributed by atoms with Crippen molar-refractivity contribution in [3.05, 3.63) is 68.3 Å². The molecule has 0 bridgehead atoms. The Morgan fingerprint density at radius 3 is 2.23 bits per heavy atom. The zero-order valence-corrected chi connectivity index (χ0v) is 14.1. The quantitative estimate of drug-likeness (QED) is 0.461. The minimum Gasteiger partial charge on any atom is -0.497 e. The van der Waals surface area contributed by atoms with Crippen molar-refractivity contribution in [2.75, 3.05) is 12.4 Å². The Morgan fingerprint density at radius 2 is 1.69 bits per heavy atom. The number of rotatable bonds is 5. The molecule has 0 heterocycles. The Balaban J connectivity index is 2.16. The third kappa shape index (κ3) is 4.70. The summed E-state index contributed by atoms with van der Waals surface area (Å²) in [6.07, 6.45) is 0. The van der Waals surface area contributed by atoms with Crippen LogP contribution in [0.1, 0.15) is 10.4 Å². The normalized spacial score (nSPS) is 9.88. The van der Waals surface area contributed by atoms with Crippen LogP contribution in [0, 0.1) is 20.2 Å². The number of methoxy groups -OCH3 is 1.